The first kappa shape index (κ1) is 19.6. The summed E-state index contributed by atoms with van der Waals surface area (Å²) in [5.41, 5.74) is 8.00. The summed E-state index contributed by atoms with van der Waals surface area (Å²) in [6.45, 7) is 10.8. The predicted octanol–water partition coefficient (Wildman–Crippen LogP) is 2.46. The Hall–Kier alpha value is -1.76. The first-order valence-electron chi connectivity index (χ1n) is 10.7. The monoisotopic (exact) mass is 382 g/mol. The number of nitrogens with zero attached hydrogens (tertiary/aromatic N) is 5. The standard InChI is InChI=1S/C22H34N6/c1-22(2,23)21-17-28(25-24-21)15-19-8-12-27(13-9-19)20-10-11-26(16-20)14-18-6-4-3-5-7-18/h3-7,17,19-20H,8-16,23H2,1-2H3. The van der Waals surface area contributed by atoms with Crippen molar-refractivity contribution in [2.45, 2.75) is 57.8 Å². The van der Waals surface area contributed by atoms with Crippen LogP contribution in [0, 0.1) is 5.92 Å². The maximum Gasteiger partial charge on any atom is 0.102 e. The molecule has 28 heavy (non-hydrogen) atoms. The molecular formula is C22H34N6. The van der Waals surface area contributed by atoms with Crippen LogP contribution < -0.4 is 5.73 Å². The van der Waals surface area contributed by atoms with Gasteiger partial charge in [-0.25, -0.2) is 0 Å². The largest absolute Gasteiger partial charge is 0.320 e. The molecule has 3 heterocycles. The summed E-state index contributed by atoms with van der Waals surface area (Å²) in [7, 11) is 0. The summed E-state index contributed by atoms with van der Waals surface area (Å²) in [4.78, 5) is 5.33. The molecule has 2 aliphatic rings. The minimum atomic E-state index is -0.421. The topological polar surface area (TPSA) is 63.2 Å². The van der Waals surface area contributed by atoms with Gasteiger partial charge in [0.15, 0.2) is 0 Å². The number of hydrogen-bond acceptors (Lipinski definition) is 5. The average Bonchev–Trinajstić information content (AvgIpc) is 3.33. The molecule has 0 aliphatic carbocycles. The Bertz CT molecular complexity index is 742. The van der Waals surface area contributed by atoms with E-state index in [1.807, 2.05) is 24.7 Å². The highest BCUT2D eigenvalue weighted by Crippen LogP contribution is 2.25. The van der Waals surface area contributed by atoms with Crippen molar-refractivity contribution in [3.8, 4) is 0 Å². The molecular weight excluding hydrogens is 348 g/mol. The molecule has 2 saturated heterocycles. The van der Waals surface area contributed by atoms with Crippen molar-refractivity contribution in [2.24, 2.45) is 11.7 Å². The van der Waals surface area contributed by atoms with Gasteiger partial charge in [0.1, 0.15) is 5.69 Å². The van der Waals surface area contributed by atoms with Crippen molar-refractivity contribution in [3.63, 3.8) is 0 Å². The predicted molar refractivity (Wildman–Crippen MR) is 112 cm³/mol. The van der Waals surface area contributed by atoms with E-state index < -0.39 is 5.54 Å². The lowest BCUT2D eigenvalue weighted by atomic mass is 9.95. The Labute approximate surface area is 168 Å². The molecule has 0 bridgehead atoms. The van der Waals surface area contributed by atoms with Crippen LogP contribution in [0.2, 0.25) is 0 Å². The van der Waals surface area contributed by atoms with E-state index in [1.54, 1.807) is 0 Å². The Morgan fingerprint density at radius 2 is 1.82 bits per heavy atom. The van der Waals surface area contributed by atoms with E-state index >= 15 is 0 Å². The SMILES string of the molecule is CC(C)(N)c1cn(CC2CCN(C3CCN(Cc4ccccc4)C3)CC2)nn1. The molecule has 152 valence electrons. The van der Waals surface area contributed by atoms with Crippen LogP contribution in [0.1, 0.15) is 44.4 Å². The number of nitrogens with two attached hydrogens (primary N) is 1. The molecule has 6 heteroatoms. The number of hydrogen-bond donors (Lipinski definition) is 1. The molecule has 2 aliphatic heterocycles. The van der Waals surface area contributed by atoms with Gasteiger partial charge >= 0.3 is 0 Å². The fourth-order valence-corrected chi connectivity index (χ4v) is 4.54. The molecule has 0 saturated carbocycles. The van der Waals surface area contributed by atoms with Gasteiger partial charge in [-0.2, -0.15) is 0 Å². The first-order chi connectivity index (χ1) is 13.5. The minimum absolute atomic E-state index is 0.421. The van der Waals surface area contributed by atoms with Gasteiger partial charge in [0, 0.05) is 32.2 Å². The normalized spacial score (nSPS) is 22.8. The maximum atomic E-state index is 6.12. The van der Waals surface area contributed by atoms with Crippen LogP contribution in [-0.4, -0.2) is 57.0 Å². The molecule has 2 fully saturated rings. The molecule has 4 rings (SSSR count). The Morgan fingerprint density at radius 1 is 1.07 bits per heavy atom. The Morgan fingerprint density at radius 3 is 2.50 bits per heavy atom. The third kappa shape index (κ3) is 4.80. The molecule has 2 aromatic rings. The van der Waals surface area contributed by atoms with Gasteiger partial charge < -0.3 is 5.73 Å². The van der Waals surface area contributed by atoms with Crippen LogP contribution in [-0.2, 0) is 18.6 Å². The van der Waals surface area contributed by atoms with Crippen LogP contribution in [0.15, 0.2) is 36.5 Å². The zero-order chi connectivity index (χ0) is 19.6. The second-order valence-electron chi connectivity index (χ2n) is 9.19. The lowest BCUT2D eigenvalue weighted by Gasteiger charge is -2.36. The molecule has 6 nitrogen and oxygen atoms in total. The molecule has 2 N–H and O–H groups in total. The number of piperidine rings is 1. The van der Waals surface area contributed by atoms with Crippen LogP contribution in [0.25, 0.3) is 0 Å². The van der Waals surface area contributed by atoms with Crippen LogP contribution in [0.4, 0.5) is 0 Å². The summed E-state index contributed by atoms with van der Waals surface area (Å²) < 4.78 is 1.99. The van der Waals surface area contributed by atoms with Crippen LogP contribution in [0.3, 0.4) is 0 Å². The van der Waals surface area contributed by atoms with Crippen molar-refractivity contribution >= 4 is 0 Å². The van der Waals surface area contributed by atoms with E-state index in [1.165, 1.54) is 51.0 Å². The third-order valence-electron chi connectivity index (χ3n) is 6.31. The summed E-state index contributed by atoms with van der Waals surface area (Å²) in [6.07, 6.45) is 5.81. The van der Waals surface area contributed by atoms with E-state index in [2.05, 4.69) is 50.4 Å². The summed E-state index contributed by atoms with van der Waals surface area (Å²) >= 11 is 0. The molecule has 0 spiro atoms. The number of likely N-dealkylation sites (tertiary alicyclic amines) is 2. The minimum Gasteiger partial charge on any atom is -0.320 e. The molecule has 0 radical (unpaired) electrons. The van der Waals surface area contributed by atoms with Gasteiger partial charge in [-0.3, -0.25) is 14.5 Å². The Kier molecular flexibility index (Phi) is 5.80. The van der Waals surface area contributed by atoms with Gasteiger partial charge in [0.05, 0.1) is 11.7 Å². The van der Waals surface area contributed by atoms with Gasteiger partial charge in [-0.15, -0.1) is 5.10 Å². The van der Waals surface area contributed by atoms with Crippen LogP contribution in [0.5, 0.6) is 0 Å². The zero-order valence-electron chi connectivity index (χ0n) is 17.3. The number of aromatic nitrogens is 3. The van der Waals surface area contributed by atoms with Gasteiger partial charge in [-0.05, 0) is 57.7 Å². The summed E-state index contributed by atoms with van der Waals surface area (Å²) in [5.74, 6) is 0.688. The van der Waals surface area contributed by atoms with Crippen LogP contribution >= 0.6 is 0 Å². The van der Waals surface area contributed by atoms with E-state index in [-0.39, 0.29) is 0 Å². The first-order valence-corrected chi connectivity index (χ1v) is 10.7. The summed E-state index contributed by atoms with van der Waals surface area (Å²) in [6, 6.07) is 11.6. The fourth-order valence-electron chi connectivity index (χ4n) is 4.54. The van der Waals surface area contributed by atoms with Crippen molar-refractivity contribution in [2.75, 3.05) is 26.2 Å². The lowest BCUT2D eigenvalue weighted by Crippen LogP contribution is -2.43. The molecule has 1 aromatic carbocycles. The Balaban J connectivity index is 1.23. The fraction of sp³-hybridized carbons (Fsp3) is 0.636. The van der Waals surface area contributed by atoms with Crippen molar-refractivity contribution < 1.29 is 0 Å². The average molecular weight is 383 g/mol. The highest BCUT2D eigenvalue weighted by atomic mass is 15.4. The van der Waals surface area contributed by atoms with Crippen molar-refractivity contribution in [1.82, 2.24) is 24.8 Å². The quantitative estimate of drug-likeness (QED) is 0.831. The highest BCUT2D eigenvalue weighted by Gasteiger charge is 2.30. The number of rotatable bonds is 6. The van der Waals surface area contributed by atoms with E-state index in [4.69, 9.17) is 5.73 Å². The second kappa shape index (κ2) is 8.31. The third-order valence-corrected chi connectivity index (χ3v) is 6.31. The second-order valence-corrected chi connectivity index (χ2v) is 9.19. The number of benzene rings is 1. The molecule has 1 unspecified atom stereocenters. The van der Waals surface area contributed by atoms with Crippen molar-refractivity contribution in [1.29, 1.82) is 0 Å². The van der Waals surface area contributed by atoms with E-state index in [0.29, 0.717) is 5.92 Å². The van der Waals surface area contributed by atoms with Crippen molar-refractivity contribution in [3.05, 3.63) is 47.8 Å². The zero-order valence-corrected chi connectivity index (χ0v) is 17.3. The van der Waals surface area contributed by atoms with E-state index in [9.17, 15) is 0 Å². The smallest absolute Gasteiger partial charge is 0.102 e. The van der Waals surface area contributed by atoms with E-state index in [0.717, 1.165) is 24.8 Å². The molecule has 0 amide bonds. The van der Waals surface area contributed by atoms with Gasteiger partial charge in [0.2, 0.25) is 0 Å². The highest BCUT2D eigenvalue weighted by molar-refractivity contribution is 5.14. The molecule has 1 atom stereocenters. The lowest BCUT2D eigenvalue weighted by molar-refractivity contribution is 0.124. The summed E-state index contributed by atoms with van der Waals surface area (Å²) in [5, 5.41) is 8.54. The molecule has 1 aromatic heterocycles. The maximum absolute atomic E-state index is 6.12. The van der Waals surface area contributed by atoms with Gasteiger partial charge in [0.25, 0.3) is 0 Å². The van der Waals surface area contributed by atoms with Gasteiger partial charge in [-0.1, -0.05) is 35.5 Å².